The summed E-state index contributed by atoms with van der Waals surface area (Å²) in [5, 5.41) is 56.8. The molecule has 2 atom stereocenters. The number of para-hydroxylation sites is 2. The molecule has 0 saturated carbocycles. The minimum Gasteiger partial charge on any atom is -0.486 e. The highest BCUT2D eigenvalue weighted by Crippen LogP contribution is 2.36. The number of benzene rings is 3. The minimum atomic E-state index is -2.13. The lowest BCUT2D eigenvalue weighted by Gasteiger charge is -2.29. The summed E-state index contributed by atoms with van der Waals surface area (Å²) in [4.78, 5) is 38.3. The van der Waals surface area contributed by atoms with Gasteiger partial charge in [-0.15, -0.1) is 10.2 Å². The first-order chi connectivity index (χ1) is 26.9. The van der Waals surface area contributed by atoms with E-state index in [0.29, 0.717) is 5.01 Å². The number of ether oxygens (including phenoxy) is 3. The van der Waals surface area contributed by atoms with Crippen molar-refractivity contribution in [3.63, 3.8) is 0 Å². The second-order valence-corrected chi connectivity index (χ2v) is 12.8. The molecule has 22 heteroatoms. The van der Waals surface area contributed by atoms with E-state index in [1.54, 1.807) is 0 Å². The summed E-state index contributed by atoms with van der Waals surface area (Å²) in [7, 11) is 3.94. The molecular formula is C35H47F2N11O9. The number of hydrogen-bond acceptors (Lipinski definition) is 14. The average Bonchev–Trinajstić information content (AvgIpc) is 3.20. The topological polar surface area (TPSA) is 261 Å². The average molecular weight is 804 g/mol. The first-order valence-electron chi connectivity index (χ1n) is 17.2. The maximum Gasteiger partial charge on any atom is 0.343 e. The zero-order valence-electron chi connectivity index (χ0n) is 32.4. The number of aliphatic hydroxyl groups excluding tert-OH is 2. The Labute approximate surface area is 326 Å². The first-order valence-corrected chi connectivity index (χ1v) is 17.2. The molecule has 0 aliphatic rings. The molecule has 20 nitrogen and oxygen atoms in total. The second-order valence-electron chi connectivity index (χ2n) is 12.8. The smallest absolute Gasteiger partial charge is 0.343 e. The minimum absolute atomic E-state index is 0.0381. The predicted octanol–water partition coefficient (Wildman–Crippen LogP) is 4.13. The highest BCUT2D eigenvalue weighted by Gasteiger charge is 2.33. The van der Waals surface area contributed by atoms with Gasteiger partial charge in [0.15, 0.2) is 0 Å². The standard InChI is InChI=1S/C35H47F2N11O9/c1-8-35(54,21-55-28-17-22(36)13-15-24(28)46(38)30(51)39-5)43-45-47(31(52)40-6)25-11-9-10-12-27(25)57-34(4,20-50)42-44-48(32(53)41-7)26-16-14-23(37)18-29(26)56-33(2,3)19-49/h9-18,49-50,54H,8,19-21,38H2,1-7H3,(H,39,51)(H,40,52)(H,41,53)/b44-42+,45-43+. The van der Waals surface area contributed by atoms with Crippen LogP contribution in [0.1, 0.15) is 34.1 Å². The number of rotatable bonds is 17. The zero-order chi connectivity index (χ0) is 42.6. The van der Waals surface area contributed by atoms with Gasteiger partial charge in [0.1, 0.15) is 64.8 Å². The number of nitrogens with one attached hydrogen (secondary N) is 3. The predicted molar refractivity (Wildman–Crippen MR) is 203 cm³/mol. The van der Waals surface area contributed by atoms with Crippen molar-refractivity contribution in [3.8, 4) is 17.2 Å². The van der Waals surface area contributed by atoms with Gasteiger partial charge in [0.05, 0.1) is 6.61 Å². The third-order valence-electron chi connectivity index (χ3n) is 7.75. The second kappa shape index (κ2) is 19.6. The van der Waals surface area contributed by atoms with Gasteiger partial charge >= 0.3 is 18.1 Å². The Kier molecular flexibility index (Phi) is 15.5. The lowest BCUT2D eigenvalue weighted by atomic mass is 10.1. The Morgan fingerprint density at radius 3 is 1.81 bits per heavy atom. The zero-order valence-corrected chi connectivity index (χ0v) is 32.4. The third kappa shape index (κ3) is 11.9. The van der Waals surface area contributed by atoms with Crippen molar-refractivity contribution in [2.45, 2.75) is 51.2 Å². The van der Waals surface area contributed by atoms with E-state index >= 15 is 0 Å². The van der Waals surface area contributed by atoms with Crippen molar-refractivity contribution in [1.82, 2.24) is 16.0 Å². The van der Waals surface area contributed by atoms with Crippen molar-refractivity contribution in [1.29, 1.82) is 0 Å². The molecule has 0 fully saturated rings. The van der Waals surface area contributed by atoms with E-state index in [0.717, 1.165) is 34.3 Å². The molecule has 0 aliphatic heterocycles. The number of carbonyl (C=O) groups is 3. The number of halogens is 2. The fourth-order valence-electron chi connectivity index (χ4n) is 4.42. The molecule has 0 aliphatic carbocycles. The summed E-state index contributed by atoms with van der Waals surface area (Å²) in [6.07, 6.45) is -0.133. The molecule has 0 aromatic heterocycles. The molecule has 0 spiro atoms. The van der Waals surface area contributed by atoms with E-state index in [2.05, 4.69) is 36.6 Å². The number of urea groups is 3. The van der Waals surface area contributed by atoms with Crippen molar-refractivity contribution in [3.05, 3.63) is 72.3 Å². The van der Waals surface area contributed by atoms with Crippen molar-refractivity contribution in [2.75, 3.05) is 56.0 Å². The van der Waals surface area contributed by atoms with Crippen LogP contribution in [0.5, 0.6) is 17.2 Å². The van der Waals surface area contributed by atoms with E-state index in [4.69, 9.17) is 20.1 Å². The van der Waals surface area contributed by atoms with Gasteiger partial charge in [0, 0.05) is 40.2 Å². The lowest BCUT2D eigenvalue weighted by molar-refractivity contribution is -0.00717. The van der Waals surface area contributed by atoms with E-state index in [9.17, 15) is 38.5 Å². The number of aliphatic hydroxyl groups is 3. The van der Waals surface area contributed by atoms with Crippen molar-refractivity contribution in [2.24, 2.45) is 26.5 Å². The van der Waals surface area contributed by atoms with E-state index < -0.39 is 66.6 Å². The van der Waals surface area contributed by atoms with Gasteiger partial charge in [-0.2, -0.15) is 10.0 Å². The van der Waals surface area contributed by atoms with Gasteiger partial charge in [0.2, 0.25) is 11.4 Å². The number of nitrogens with zero attached hydrogens (tertiary/aromatic N) is 7. The number of hydrogen-bond donors (Lipinski definition) is 7. The Balaban J connectivity index is 1.99. The van der Waals surface area contributed by atoms with Crippen LogP contribution in [0.15, 0.2) is 81.3 Å². The molecule has 0 radical (unpaired) electrons. The molecule has 0 bridgehead atoms. The van der Waals surface area contributed by atoms with Crippen LogP contribution in [0.2, 0.25) is 0 Å². The number of nitrogens with two attached hydrogens (primary N) is 1. The molecule has 3 aromatic rings. The van der Waals surface area contributed by atoms with E-state index in [1.165, 1.54) is 85.2 Å². The number of hydrazine groups is 1. The molecular weight excluding hydrogens is 756 g/mol. The Morgan fingerprint density at radius 2 is 1.26 bits per heavy atom. The number of anilines is 3. The summed E-state index contributed by atoms with van der Waals surface area (Å²) in [6, 6.07) is 9.82. The summed E-state index contributed by atoms with van der Waals surface area (Å²) in [5.41, 5.74) is -5.49. The van der Waals surface area contributed by atoms with Crippen LogP contribution in [-0.2, 0) is 0 Å². The van der Waals surface area contributed by atoms with Crippen LogP contribution in [0.3, 0.4) is 0 Å². The van der Waals surface area contributed by atoms with Gasteiger partial charge in [-0.25, -0.2) is 34.0 Å². The van der Waals surface area contributed by atoms with Gasteiger partial charge in [-0.1, -0.05) is 29.5 Å². The highest BCUT2D eigenvalue weighted by molar-refractivity contribution is 5.93. The monoisotopic (exact) mass is 803 g/mol. The fraction of sp³-hybridized carbons (Fsp3) is 0.400. The molecule has 2 unspecified atom stereocenters. The van der Waals surface area contributed by atoms with Crippen molar-refractivity contribution < 1.29 is 52.7 Å². The first kappa shape index (κ1) is 45.2. The molecule has 0 heterocycles. The van der Waals surface area contributed by atoms with Crippen molar-refractivity contribution >= 4 is 35.2 Å². The number of amides is 6. The van der Waals surface area contributed by atoms with Crippen LogP contribution >= 0.6 is 0 Å². The van der Waals surface area contributed by atoms with Gasteiger partial charge in [0.25, 0.3) is 0 Å². The quantitative estimate of drug-likeness (QED) is 0.0444. The maximum atomic E-state index is 14.3. The third-order valence-corrected chi connectivity index (χ3v) is 7.75. The van der Waals surface area contributed by atoms with Crippen LogP contribution in [0.4, 0.5) is 40.2 Å². The summed E-state index contributed by atoms with van der Waals surface area (Å²) >= 11 is 0. The van der Waals surface area contributed by atoms with Crippen LogP contribution in [0.25, 0.3) is 0 Å². The van der Waals surface area contributed by atoms with Gasteiger partial charge < -0.3 is 45.5 Å². The normalized spacial score (nSPS) is 13.6. The molecule has 6 amide bonds. The molecule has 3 rings (SSSR count). The summed E-state index contributed by atoms with van der Waals surface area (Å²) < 4.78 is 46.0. The van der Waals surface area contributed by atoms with E-state index in [1.807, 2.05) is 0 Å². The highest BCUT2D eigenvalue weighted by atomic mass is 19.1. The largest absolute Gasteiger partial charge is 0.486 e. The molecule has 57 heavy (non-hydrogen) atoms. The summed E-state index contributed by atoms with van der Waals surface area (Å²) in [5.74, 6) is 3.91. The summed E-state index contributed by atoms with van der Waals surface area (Å²) in [6.45, 7) is 3.97. The molecule has 0 saturated heterocycles. The lowest BCUT2D eigenvalue weighted by Crippen LogP contribution is -2.43. The molecule has 310 valence electrons. The van der Waals surface area contributed by atoms with Crippen LogP contribution in [-0.4, -0.2) is 91.4 Å². The Morgan fingerprint density at radius 1 is 0.737 bits per heavy atom. The SMILES string of the molecule is CCC(O)(COc1cc(F)ccc1N(N)C(=O)NC)/N=N/N(C(=O)NC)c1ccccc1OC(C)(CO)/N=N/N(C(=O)NC)c1ccc(F)cc1OC(C)(C)CO. The molecule has 3 aromatic carbocycles. The van der Waals surface area contributed by atoms with Gasteiger partial charge in [-0.3, -0.25) is 0 Å². The van der Waals surface area contributed by atoms with Crippen LogP contribution < -0.4 is 51.0 Å². The van der Waals surface area contributed by atoms with Gasteiger partial charge in [-0.05, 0) is 56.7 Å². The Bertz CT molecular complexity index is 1940. The Hall–Kier alpha value is -6.23. The van der Waals surface area contributed by atoms with E-state index in [-0.39, 0.29) is 40.7 Å². The maximum absolute atomic E-state index is 14.3. The fourth-order valence-corrected chi connectivity index (χ4v) is 4.42. The molecule has 8 N–H and O–H groups in total. The van der Waals surface area contributed by atoms with Crippen LogP contribution in [0, 0.1) is 11.6 Å². The number of carbonyl (C=O) groups excluding carboxylic acids is 3.